The van der Waals surface area contributed by atoms with Gasteiger partial charge in [-0.2, -0.15) is 10.2 Å². The molecule has 0 aliphatic rings. The molecule has 1 N–H and O–H groups in total. The Kier molecular flexibility index (Phi) is 4.20. The van der Waals surface area contributed by atoms with Gasteiger partial charge >= 0.3 is 0 Å². The highest BCUT2D eigenvalue weighted by atomic mass is 32.2. The van der Waals surface area contributed by atoms with Gasteiger partial charge in [-0.3, -0.25) is 9.36 Å². The van der Waals surface area contributed by atoms with Crippen molar-refractivity contribution in [3.8, 4) is 0 Å². The van der Waals surface area contributed by atoms with E-state index in [2.05, 4.69) is 14.9 Å². The third-order valence-corrected chi connectivity index (χ3v) is 5.08. The largest absolute Gasteiger partial charge is 0.271 e. The molecule has 21 heavy (non-hydrogen) atoms. The molecule has 0 saturated heterocycles. The van der Waals surface area contributed by atoms with Gasteiger partial charge in [0.15, 0.2) is 0 Å². The highest BCUT2D eigenvalue weighted by Gasteiger charge is 2.24. The molecule has 0 amide bonds. The molecule has 0 radical (unpaired) electrons. The van der Waals surface area contributed by atoms with Gasteiger partial charge in [0.05, 0.1) is 29.3 Å². The average molecular weight is 311 g/mol. The monoisotopic (exact) mass is 311 g/mol. The summed E-state index contributed by atoms with van der Waals surface area (Å²) in [6.07, 6.45) is 0. The summed E-state index contributed by atoms with van der Waals surface area (Å²) >= 11 is 0. The number of sulfonamides is 1. The topological polar surface area (TPSA) is 81.8 Å². The van der Waals surface area contributed by atoms with Crippen LogP contribution in [0.25, 0.3) is 0 Å². The van der Waals surface area contributed by atoms with E-state index in [1.165, 1.54) is 0 Å². The molecule has 0 saturated carbocycles. The van der Waals surface area contributed by atoms with E-state index in [0.717, 1.165) is 11.4 Å². The predicted octanol–water partition coefficient (Wildman–Crippen LogP) is 1.04. The Labute approximate surface area is 125 Å². The lowest BCUT2D eigenvalue weighted by Gasteiger charge is -2.07. The molecule has 0 aromatic carbocycles. The molecule has 0 fully saturated rings. The Hall–Kier alpha value is -1.67. The summed E-state index contributed by atoms with van der Waals surface area (Å²) in [7, 11) is -1.80. The summed E-state index contributed by atoms with van der Waals surface area (Å²) in [6, 6.07) is 1.86. The minimum absolute atomic E-state index is 0.204. The van der Waals surface area contributed by atoms with E-state index in [-0.39, 0.29) is 11.4 Å². The van der Waals surface area contributed by atoms with E-state index in [4.69, 9.17) is 0 Å². The van der Waals surface area contributed by atoms with Crippen molar-refractivity contribution in [3.63, 3.8) is 0 Å². The molecule has 0 unspecified atom stereocenters. The molecule has 2 aromatic heterocycles. The molecule has 8 heteroatoms. The van der Waals surface area contributed by atoms with E-state index < -0.39 is 10.0 Å². The molecule has 0 aliphatic heterocycles. The highest BCUT2D eigenvalue weighted by molar-refractivity contribution is 7.89. The molecule has 116 valence electrons. The first-order chi connectivity index (χ1) is 9.76. The highest BCUT2D eigenvalue weighted by Crippen LogP contribution is 2.19. The molecular weight excluding hydrogens is 290 g/mol. The molecular formula is C13H21N5O2S. The summed E-state index contributed by atoms with van der Waals surface area (Å²) in [5, 5.41) is 8.45. The van der Waals surface area contributed by atoms with Gasteiger partial charge in [-0.15, -0.1) is 0 Å². The second-order valence-electron chi connectivity index (χ2n) is 5.04. The van der Waals surface area contributed by atoms with Crippen molar-refractivity contribution in [3.05, 3.63) is 28.8 Å². The van der Waals surface area contributed by atoms with Crippen molar-refractivity contribution in [1.29, 1.82) is 0 Å². The lowest BCUT2D eigenvalue weighted by atomic mass is 10.4. The quantitative estimate of drug-likeness (QED) is 0.894. The Morgan fingerprint density at radius 2 is 1.90 bits per heavy atom. The van der Waals surface area contributed by atoms with Gasteiger partial charge in [-0.1, -0.05) is 0 Å². The molecule has 7 nitrogen and oxygen atoms in total. The zero-order valence-electron chi connectivity index (χ0n) is 13.0. The van der Waals surface area contributed by atoms with Crippen LogP contribution in [0, 0.1) is 20.8 Å². The first-order valence-electron chi connectivity index (χ1n) is 6.79. The Morgan fingerprint density at radius 3 is 2.38 bits per heavy atom. The van der Waals surface area contributed by atoms with Crippen molar-refractivity contribution in [2.45, 2.75) is 45.7 Å². The van der Waals surface area contributed by atoms with Crippen LogP contribution in [0.4, 0.5) is 0 Å². The molecule has 0 spiro atoms. The van der Waals surface area contributed by atoms with E-state index in [1.54, 1.807) is 30.3 Å². The second kappa shape index (κ2) is 5.61. The molecule has 0 atom stereocenters. The summed E-state index contributed by atoms with van der Waals surface area (Å²) in [5.41, 5.74) is 2.85. The van der Waals surface area contributed by atoms with Gasteiger partial charge in [0.1, 0.15) is 4.90 Å². The third kappa shape index (κ3) is 3.01. The normalized spacial score (nSPS) is 12.0. The molecule has 2 aromatic rings. The van der Waals surface area contributed by atoms with E-state index >= 15 is 0 Å². The van der Waals surface area contributed by atoms with E-state index in [9.17, 15) is 8.42 Å². The second-order valence-corrected chi connectivity index (χ2v) is 6.74. The van der Waals surface area contributed by atoms with Crippen LogP contribution in [0.2, 0.25) is 0 Å². The zero-order valence-corrected chi connectivity index (χ0v) is 13.8. The molecule has 2 heterocycles. The number of aryl methyl sites for hydroxylation is 4. The number of aromatic nitrogens is 4. The maximum Gasteiger partial charge on any atom is 0.244 e. The third-order valence-electron chi connectivity index (χ3n) is 3.43. The average Bonchev–Trinajstić information content (AvgIpc) is 2.86. The van der Waals surface area contributed by atoms with Crippen molar-refractivity contribution < 1.29 is 8.42 Å². The number of hydrogen-bond donors (Lipinski definition) is 1. The summed E-state index contributed by atoms with van der Waals surface area (Å²) < 4.78 is 31.0. The number of nitrogens with zero attached hydrogens (tertiary/aromatic N) is 4. The maximum atomic E-state index is 12.5. The van der Waals surface area contributed by atoms with Crippen LogP contribution in [0.1, 0.15) is 29.7 Å². The van der Waals surface area contributed by atoms with E-state index in [0.29, 0.717) is 17.9 Å². The van der Waals surface area contributed by atoms with E-state index in [1.807, 2.05) is 19.9 Å². The van der Waals surface area contributed by atoms with Crippen LogP contribution in [0.5, 0.6) is 0 Å². The van der Waals surface area contributed by atoms with Crippen LogP contribution in [-0.2, 0) is 30.2 Å². The number of hydrogen-bond acceptors (Lipinski definition) is 4. The minimum Gasteiger partial charge on any atom is -0.271 e. The zero-order chi connectivity index (χ0) is 15.8. The first kappa shape index (κ1) is 15.7. The van der Waals surface area contributed by atoms with Gasteiger partial charge in [-0.25, -0.2) is 13.1 Å². The van der Waals surface area contributed by atoms with Crippen molar-refractivity contribution in [2.24, 2.45) is 7.05 Å². The van der Waals surface area contributed by atoms with Gasteiger partial charge in [0.25, 0.3) is 0 Å². The van der Waals surface area contributed by atoms with Crippen molar-refractivity contribution in [1.82, 2.24) is 24.3 Å². The van der Waals surface area contributed by atoms with Gasteiger partial charge in [-0.05, 0) is 33.8 Å². The Bertz CT molecular complexity index is 758. The fourth-order valence-electron chi connectivity index (χ4n) is 2.45. The fraction of sp³-hybridized carbons (Fsp3) is 0.538. The minimum atomic E-state index is -3.59. The lowest BCUT2D eigenvalue weighted by Crippen LogP contribution is -2.25. The van der Waals surface area contributed by atoms with Crippen LogP contribution in [0.15, 0.2) is 11.0 Å². The van der Waals surface area contributed by atoms with Crippen molar-refractivity contribution in [2.75, 3.05) is 0 Å². The van der Waals surface area contributed by atoms with Crippen molar-refractivity contribution >= 4 is 10.0 Å². The molecule has 0 aliphatic carbocycles. The number of nitrogens with one attached hydrogen (secondary N) is 1. The SMILES string of the molecule is CCn1nc(C)c(S(=O)(=O)NCc2cc(C)nn2C)c1C. The van der Waals surface area contributed by atoms with Gasteiger partial charge < -0.3 is 0 Å². The molecule has 2 rings (SSSR count). The maximum absolute atomic E-state index is 12.5. The standard InChI is InChI=1S/C13H21N5O2S/c1-6-18-11(4)13(10(3)16-18)21(19,20)14-8-12-7-9(2)15-17(12)5/h7,14H,6,8H2,1-5H3. The fourth-order valence-corrected chi connectivity index (χ4v) is 3.85. The van der Waals surface area contributed by atoms with Crippen LogP contribution in [-0.4, -0.2) is 28.0 Å². The van der Waals surface area contributed by atoms with Crippen LogP contribution < -0.4 is 4.72 Å². The Morgan fingerprint density at radius 1 is 1.24 bits per heavy atom. The molecule has 0 bridgehead atoms. The van der Waals surface area contributed by atoms with Gasteiger partial charge in [0.2, 0.25) is 10.0 Å². The first-order valence-corrected chi connectivity index (χ1v) is 8.27. The summed E-state index contributed by atoms with van der Waals surface area (Å²) in [5.74, 6) is 0. The summed E-state index contributed by atoms with van der Waals surface area (Å²) in [6.45, 7) is 8.13. The lowest BCUT2D eigenvalue weighted by molar-refractivity contribution is 0.575. The number of rotatable bonds is 5. The van der Waals surface area contributed by atoms with Gasteiger partial charge in [0, 0.05) is 13.6 Å². The summed E-state index contributed by atoms with van der Waals surface area (Å²) in [4.78, 5) is 0.267. The van der Waals surface area contributed by atoms with Crippen LogP contribution >= 0.6 is 0 Å². The predicted molar refractivity (Wildman–Crippen MR) is 79.3 cm³/mol. The van der Waals surface area contributed by atoms with Crippen LogP contribution in [0.3, 0.4) is 0 Å². The Balaban J connectivity index is 2.27. The smallest absolute Gasteiger partial charge is 0.244 e.